The Bertz CT molecular complexity index is 237. The Labute approximate surface area is 89.6 Å². The molecule has 1 aliphatic rings. The lowest BCUT2D eigenvalue weighted by atomic mass is 10.1. The molecule has 1 fully saturated rings. The van der Waals surface area contributed by atoms with Crippen molar-refractivity contribution in [3.8, 4) is 0 Å². The summed E-state index contributed by atoms with van der Waals surface area (Å²) in [5, 5.41) is 5.88. The molecule has 1 heterocycles. The van der Waals surface area contributed by atoms with Crippen LogP contribution in [0.1, 0.15) is 13.3 Å². The van der Waals surface area contributed by atoms with Gasteiger partial charge in [-0.1, -0.05) is 6.92 Å². The number of carbonyl (C=O) groups is 2. The standard InChI is InChI=1S/C10H18N2O3/c1-7(10(14)15-2)5-12-9(13)8-3-4-11-6-8/h7-8,11H,3-6H2,1-2H3,(H,12,13)/t7?,8-/m1/s1. The predicted octanol–water partition coefficient (Wildman–Crippen LogP) is -0.479. The Kier molecular flexibility index (Phi) is 4.55. The zero-order valence-electron chi connectivity index (χ0n) is 9.21. The zero-order valence-corrected chi connectivity index (χ0v) is 9.21. The summed E-state index contributed by atoms with van der Waals surface area (Å²) < 4.78 is 4.57. The highest BCUT2D eigenvalue weighted by molar-refractivity contribution is 5.80. The third-order valence-electron chi connectivity index (χ3n) is 2.62. The third-order valence-corrected chi connectivity index (χ3v) is 2.62. The van der Waals surface area contributed by atoms with E-state index in [0.717, 1.165) is 19.5 Å². The molecule has 2 N–H and O–H groups in total. The molecule has 0 aromatic rings. The van der Waals surface area contributed by atoms with Crippen LogP contribution in [0.5, 0.6) is 0 Å². The topological polar surface area (TPSA) is 67.4 Å². The fraction of sp³-hybridized carbons (Fsp3) is 0.800. The van der Waals surface area contributed by atoms with E-state index in [9.17, 15) is 9.59 Å². The highest BCUT2D eigenvalue weighted by Gasteiger charge is 2.23. The fourth-order valence-corrected chi connectivity index (χ4v) is 1.56. The van der Waals surface area contributed by atoms with Gasteiger partial charge in [0.05, 0.1) is 18.9 Å². The molecule has 1 unspecified atom stereocenters. The number of hydrogen-bond acceptors (Lipinski definition) is 4. The van der Waals surface area contributed by atoms with Crippen molar-refractivity contribution in [2.24, 2.45) is 11.8 Å². The highest BCUT2D eigenvalue weighted by atomic mass is 16.5. The van der Waals surface area contributed by atoms with E-state index in [1.807, 2.05) is 0 Å². The molecule has 1 amide bonds. The van der Waals surface area contributed by atoms with Crippen molar-refractivity contribution < 1.29 is 14.3 Å². The average molecular weight is 214 g/mol. The van der Waals surface area contributed by atoms with Gasteiger partial charge in [0, 0.05) is 13.1 Å². The summed E-state index contributed by atoms with van der Waals surface area (Å²) in [6.07, 6.45) is 0.873. The number of esters is 1. The second-order valence-corrected chi connectivity index (χ2v) is 3.86. The van der Waals surface area contributed by atoms with E-state index in [2.05, 4.69) is 15.4 Å². The summed E-state index contributed by atoms with van der Waals surface area (Å²) in [7, 11) is 1.35. The van der Waals surface area contributed by atoms with Crippen LogP contribution in [-0.4, -0.2) is 38.6 Å². The summed E-state index contributed by atoms with van der Waals surface area (Å²) in [5.41, 5.74) is 0. The Balaban J connectivity index is 2.24. The molecule has 5 nitrogen and oxygen atoms in total. The van der Waals surface area contributed by atoms with E-state index < -0.39 is 0 Å². The van der Waals surface area contributed by atoms with Crippen LogP contribution in [0.15, 0.2) is 0 Å². The van der Waals surface area contributed by atoms with Crippen LogP contribution in [0.4, 0.5) is 0 Å². The number of carbonyl (C=O) groups excluding carboxylic acids is 2. The van der Waals surface area contributed by atoms with Crippen molar-refractivity contribution in [2.75, 3.05) is 26.7 Å². The molecule has 86 valence electrons. The van der Waals surface area contributed by atoms with Crippen LogP contribution in [0.25, 0.3) is 0 Å². The highest BCUT2D eigenvalue weighted by Crippen LogP contribution is 2.07. The zero-order chi connectivity index (χ0) is 11.3. The lowest BCUT2D eigenvalue weighted by Crippen LogP contribution is -2.36. The molecular formula is C10H18N2O3. The predicted molar refractivity (Wildman–Crippen MR) is 55.2 cm³/mol. The van der Waals surface area contributed by atoms with Crippen molar-refractivity contribution in [3.05, 3.63) is 0 Å². The lowest BCUT2D eigenvalue weighted by Gasteiger charge is -2.13. The van der Waals surface area contributed by atoms with Gasteiger partial charge in [-0.05, 0) is 13.0 Å². The summed E-state index contributed by atoms with van der Waals surface area (Å²) in [4.78, 5) is 22.6. The van der Waals surface area contributed by atoms with Gasteiger partial charge in [0.25, 0.3) is 0 Å². The molecule has 15 heavy (non-hydrogen) atoms. The van der Waals surface area contributed by atoms with Crippen molar-refractivity contribution in [3.63, 3.8) is 0 Å². The fourth-order valence-electron chi connectivity index (χ4n) is 1.56. The van der Waals surface area contributed by atoms with E-state index in [4.69, 9.17) is 0 Å². The first-order chi connectivity index (χ1) is 7.15. The summed E-state index contributed by atoms with van der Waals surface area (Å²) in [6, 6.07) is 0. The molecule has 0 aliphatic carbocycles. The normalized spacial score (nSPS) is 22.1. The Morgan fingerprint density at radius 3 is 2.87 bits per heavy atom. The largest absolute Gasteiger partial charge is 0.469 e. The van der Waals surface area contributed by atoms with Gasteiger partial charge >= 0.3 is 5.97 Å². The second kappa shape index (κ2) is 5.70. The van der Waals surface area contributed by atoms with E-state index in [0.29, 0.717) is 6.54 Å². The summed E-state index contributed by atoms with van der Waals surface area (Å²) in [6.45, 7) is 3.71. The quantitative estimate of drug-likeness (QED) is 0.620. The summed E-state index contributed by atoms with van der Waals surface area (Å²) in [5.74, 6) is -0.501. The maximum absolute atomic E-state index is 11.6. The summed E-state index contributed by atoms with van der Waals surface area (Å²) >= 11 is 0. The first kappa shape index (κ1) is 12.0. The SMILES string of the molecule is COC(=O)C(C)CNC(=O)[C@@H]1CCNC1. The van der Waals surface area contributed by atoms with Gasteiger partial charge in [-0.25, -0.2) is 0 Å². The van der Waals surface area contributed by atoms with Crippen LogP contribution in [-0.2, 0) is 14.3 Å². The molecule has 1 aliphatic heterocycles. The van der Waals surface area contributed by atoms with Gasteiger partial charge in [0.15, 0.2) is 0 Å². The maximum Gasteiger partial charge on any atom is 0.310 e. The molecule has 0 saturated carbocycles. The van der Waals surface area contributed by atoms with Gasteiger partial charge in [0.1, 0.15) is 0 Å². The number of nitrogens with one attached hydrogen (secondary N) is 2. The molecule has 0 spiro atoms. The van der Waals surface area contributed by atoms with E-state index in [1.165, 1.54) is 7.11 Å². The van der Waals surface area contributed by atoms with Crippen LogP contribution in [0.2, 0.25) is 0 Å². The van der Waals surface area contributed by atoms with Crippen LogP contribution >= 0.6 is 0 Å². The van der Waals surface area contributed by atoms with Gasteiger partial charge in [-0.3, -0.25) is 9.59 Å². The molecular weight excluding hydrogens is 196 g/mol. The van der Waals surface area contributed by atoms with Crippen molar-refractivity contribution >= 4 is 11.9 Å². The van der Waals surface area contributed by atoms with E-state index >= 15 is 0 Å². The number of rotatable bonds is 4. The van der Waals surface area contributed by atoms with Gasteiger partial charge in [-0.15, -0.1) is 0 Å². The monoisotopic (exact) mass is 214 g/mol. The van der Waals surface area contributed by atoms with E-state index in [-0.39, 0.29) is 23.7 Å². The van der Waals surface area contributed by atoms with Gasteiger partial charge in [-0.2, -0.15) is 0 Å². The lowest BCUT2D eigenvalue weighted by molar-refractivity contribution is -0.144. The Morgan fingerprint density at radius 2 is 2.33 bits per heavy atom. The Hall–Kier alpha value is -1.10. The smallest absolute Gasteiger partial charge is 0.310 e. The van der Waals surface area contributed by atoms with Crippen LogP contribution < -0.4 is 10.6 Å². The Morgan fingerprint density at radius 1 is 1.60 bits per heavy atom. The second-order valence-electron chi connectivity index (χ2n) is 3.86. The molecule has 0 aromatic carbocycles. The molecule has 2 atom stereocenters. The number of methoxy groups -OCH3 is 1. The average Bonchev–Trinajstić information content (AvgIpc) is 2.77. The van der Waals surface area contributed by atoms with Crippen molar-refractivity contribution in [1.82, 2.24) is 10.6 Å². The van der Waals surface area contributed by atoms with Gasteiger partial charge < -0.3 is 15.4 Å². The first-order valence-corrected chi connectivity index (χ1v) is 5.21. The molecule has 0 bridgehead atoms. The molecule has 0 aromatic heterocycles. The molecule has 1 rings (SSSR count). The van der Waals surface area contributed by atoms with Crippen molar-refractivity contribution in [1.29, 1.82) is 0 Å². The third kappa shape index (κ3) is 3.51. The minimum atomic E-state index is -0.292. The molecule has 5 heteroatoms. The van der Waals surface area contributed by atoms with Crippen molar-refractivity contribution in [2.45, 2.75) is 13.3 Å². The van der Waals surface area contributed by atoms with Crippen LogP contribution in [0, 0.1) is 11.8 Å². The number of amides is 1. The van der Waals surface area contributed by atoms with E-state index in [1.54, 1.807) is 6.92 Å². The molecule has 1 saturated heterocycles. The molecule has 0 radical (unpaired) electrons. The number of ether oxygens (including phenoxy) is 1. The minimum absolute atomic E-state index is 0.0238. The minimum Gasteiger partial charge on any atom is -0.469 e. The van der Waals surface area contributed by atoms with Gasteiger partial charge in [0.2, 0.25) is 5.91 Å². The van der Waals surface area contributed by atoms with Crippen LogP contribution in [0.3, 0.4) is 0 Å². The first-order valence-electron chi connectivity index (χ1n) is 5.21. The maximum atomic E-state index is 11.6. The number of hydrogen-bond donors (Lipinski definition) is 2.